The van der Waals surface area contributed by atoms with Crippen molar-refractivity contribution in [2.45, 2.75) is 19.4 Å². The average Bonchev–Trinajstić information content (AvgIpc) is 2.77. The predicted octanol–water partition coefficient (Wildman–Crippen LogP) is 1.33. The number of rotatable bonds is 9. The molecule has 16 heavy (non-hydrogen) atoms. The van der Waals surface area contributed by atoms with Gasteiger partial charge in [-0.25, -0.2) is 0 Å². The van der Waals surface area contributed by atoms with Gasteiger partial charge in [0.25, 0.3) is 0 Å². The topological polar surface area (TPSA) is 43.4 Å². The third kappa shape index (κ3) is 5.55. The van der Waals surface area contributed by atoms with Crippen molar-refractivity contribution in [2.24, 2.45) is 0 Å². The van der Waals surface area contributed by atoms with Crippen molar-refractivity contribution in [2.75, 3.05) is 33.5 Å². The van der Waals surface area contributed by atoms with Crippen LogP contribution in [0.5, 0.6) is 0 Å². The minimum atomic E-state index is 0.363. The molecule has 1 aromatic heterocycles. The van der Waals surface area contributed by atoms with Gasteiger partial charge in [0, 0.05) is 30.6 Å². The van der Waals surface area contributed by atoms with Crippen LogP contribution in [0.25, 0.3) is 0 Å². The Labute approximate surface area is 101 Å². The zero-order valence-corrected chi connectivity index (χ0v) is 10.8. The van der Waals surface area contributed by atoms with Gasteiger partial charge in [0.2, 0.25) is 0 Å². The van der Waals surface area contributed by atoms with Crippen molar-refractivity contribution >= 4 is 11.3 Å². The fourth-order valence-electron chi connectivity index (χ4n) is 1.43. The van der Waals surface area contributed by atoms with E-state index in [9.17, 15) is 0 Å². The van der Waals surface area contributed by atoms with E-state index < -0.39 is 0 Å². The van der Waals surface area contributed by atoms with Crippen LogP contribution in [0.15, 0.2) is 11.7 Å². The molecule has 0 fully saturated rings. The van der Waals surface area contributed by atoms with Gasteiger partial charge in [-0.05, 0) is 6.54 Å². The number of thiazole rings is 1. The first-order chi connectivity index (χ1) is 7.86. The molecule has 1 rings (SSSR count). The quantitative estimate of drug-likeness (QED) is 0.666. The molecule has 1 unspecified atom stereocenters. The summed E-state index contributed by atoms with van der Waals surface area (Å²) in [6, 6.07) is 0.363. The van der Waals surface area contributed by atoms with Gasteiger partial charge in [-0.1, -0.05) is 6.92 Å². The lowest BCUT2D eigenvalue weighted by Gasteiger charge is -2.16. The maximum Gasteiger partial charge on any atom is 0.0794 e. The minimum absolute atomic E-state index is 0.363. The second kappa shape index (κ2) is 8.64. The van der Waals surface area contributed by atoms with Gasteiger partial charge in [-0.2, -0.15) is 0 Å². The lowest BCUT2D eigenvalue weighted by atomic mass is 10.2. The Morgan fingerprint density at radius 2 is 2.38 bits per heavy atom. The van der Waals surface area contributed by atoms with E-state index >= 15 is 0 Å². The van der Waals surface area contributed by atoms with Crippen LogP contribution in [0.4, 0.5) is 0 Å². The Morgan fingerprint density at radius 3 is 3.00 bits per heavy atom. The smallest absolute Gasteiger partial charge is 0.0794 e. The molecule has 0 bridgehead atoms. The fourth-order valence-corrected chi connectivity index (χ4v) is 2.11. The Balaban J connectivity index is 2.24. The highest BCUT2D eigenvalue weighted by Crippen LogP contribution is 2.08. The van der Waals surface area contributed by atoms with E-state index in [1.807, 2.05) is 11.7 Å². The van der Waals surface area contributed by atoms with Gasteiger partial charge in [-0.3, -0.25) is 4.98 Å². The molecule has 4 nitrogen and oxygen atoms in total. The van der Waals surface area contributed by atoms with Crippen molar-refractivity contribution < 1.29 is 9.47 Å². The van der Waals surface area contributed by atoms with Crippen LogP contribution in [0.2, 0.25) is 0 Å². The van der Waals surface area contributed by atoms with Crippen molar-refractivity contribution in [1.82, 2.24) is 10.3 Å². The summed E-state index contributed by atoms with van der Waals surface area (Å²) in [5, 5.41) is 3.41. The van der Waals surface area contributed by atoms with Gasteiger partial charge in [0.1, 0.15) is 0 Å². The molecule has 1 aromatic rings. The SMILES string of the molecule is CCNC(COCCOC)Cc1cncs1. The first-order valence-electron chi connectivity index (χ1n) is 5.54. The molecule has 5 heteroatoms. The highest BCUT2D eigenvalue weighted by molar-refractivity contribution is 7.09. The average molecular weight is 244 g/mol. The first-order valence-corrected chi connectivity index (χ1v) is 6.42. The molecule has 1 N–H and O–H groups in total. The number of hydrogen-bond acceptors (Lipinski definition) is 5. The van der Waals surface area contributed by atoms with Crippen LogP contribution in [-0.2, 0) is 15.9 Å². The Hall–Kier alpha value is -0.490. The normalized spacial score (nSPS) is 12.9. The van der Waals surface area contributed by atoms with Crippen LogP contribution >= 0.6 is 11.3 Å². The molecule has 0 amide bonds. The molecule has 0 aromatic carbocycles. The third-order valence-corrected chi connectivity index (χ3v) is 2.98. The van der Waals surface area contributed by atoms with Crippen LogP contribution in [0.1, 0.15) is 11.8 Å². The lowest BCUT2D eigenvalue weighted by molar-refractivity contribution is 0.0590. The number of methoxy groups -OCH3 is 1. The van der Waals surface area contributed by atoms with Crippen LogP contribution in [0.3, 0.4) is 0 Å². The van der Waals surface area contributed by atoms with Gasteiger partial charge < -0.3 is 14.8 Å². The predicted molar refractivity (Wildman–Crippen MR) is 66.0 cm³/mol. The molecule has 0 aliphatic carbocycles. The number of likely N-dealkylation sites (N-methyl/N-ethyl adjacent to an activating group) is 1. The summed E-state index contributed by atoms with van der Waals surface area (Å²) in [6.45, 7) is 5.08. The summed E-state index contributed by atoms with van der Waals surface area (Å²) >= 11 is 1.69. The molecule has 1 heterocycles. The summed E-state index contributed by atoms with van der Waals surface area (Å²) in [6.07, 6.45) is 2.90. The Morgan fingerprint density at radius 1 is 1.50 bits per heavy atom. The summed E-state index contributed by atoms with van der Waals surface area (Å²) in [5.74, 6) is 0. The zero-order valence-electron chi connectivity index (χ0n) is 9.94. The Bertz CT molecular complexity index is 254. The number of hydrogen-bond donors (Lipinski definition) is 1. The summed E-state index contributed by atoms with van der Waals surface area (Å²) in [5.41, 5.74) is 1.87. The molecule has 92 valence electrons. The lowest BCUT2D eigenvalue weighted by Crippen LogP contribution is -2.35. The van der Waals surface area contributed by atoms with Gasteiger partial charge in [-0.15, -0.1) is 11.3 Å². The molecule has 0 aliphatic heterocycles. The molecular formula is C11H20N2O2S. The van der Waals surface area contributed by atoms with Crippen LogP contribution in [-0.4, -0.2) is 44.5 Å². The van der Waals surface area contributed by atoms with Crippen molar-refractivity contribution in [3.8, 4) is 0 Å². The molecule has 0 spiro atoms. The standard InChI is InChI=1S/C11H20N2O2S/c1-3-13-10(8-15-5-4-14-2)6-11-7-12-9-16-11/h7,9-10,13H,3-6,8H2,1-2H3. The highest BCUT2D eigenvalue weighted by atomic mass is 32.1. The van der Waals surface area contributed by atoms with Crippen molar-refractivity contribution in [3.63, 3.8) is 0 Å². The van der Waals surface area contributed by atoms with E-state index in [-0.39, 0.29) is 0 Å². The van der Waals surface area contributed by atoms with E-state index in [1.165, 1.54) is 4.88 Å². The monoisotopic (exact) mass is 244 g/mol. The van der Waals surface area contributed by atoms with Crippen molar-refractivity contribution in [1.29, 1.82) is 0 Å². The third-order valence-electron chi connectivity index (χ3n) is 2.17. The summed E-state index contributed by atoms with van der Waals surface area (Å²) in [4.78, 5) is 5.37. The van der Waals surface area contributed by atoms with Crippen molar-refractivity contribution in [3.05, 3.63) is 16.6 Å². The van der Waals surface area contributed by atoms with Crippen LogP contribution < -0.4 is 5.32 Å². The van der Waals surface area contributed by atoms with E-state index in [1.54, 1.807) is 18.4 Å². The van der Waals surface area contributed by atoms with Gasteiger partial charge in [0.15, 0.2) is 0 Å². The zero-order chi connectivity index (χ0) is 11.6. The molecular weight excluding hydrogens is 224 g/mol. The number of aromatic nitrogens is 1. The Kier molecular flexibility index (Phi) is 7.33. The molecule has 0 aliphatic rings. The fraction of sp³-hybridized carbons (Fsp3) is 0.727. The molecule has 0 radical (unpaired) electrons. The second-order valence-corrected chi connectivity index (χ2v) is 4.47. The second-order valence-electron chi connectivity index (χ2n) is 3.49. The van der Waals surface area contributed by atoms with Gasteiger partial charge >= 0.3 is 0 Å². The highest BCUT2D eigenvalue weighted by Gasteiger charge is 2.09. The number of nitrogens with zero attached hydrogens (tertiary/aromatic N) is 1. The van der Waals surface area contributed by atoms with E-state index in [0.717, 1.165) is 19.6 Å². The number of ether oxygens (including phenoxy) is 2. The van der Waals surface area contributed by atoms with E-state index in [4.69, 9.17) is 9.47 Å². The molecule has 1 atom stereocenters. The summed E-state index contributed by atoms with van der Waals surface area (Å²) < 4.78 is 10.5. The van der Waals surface area contributed by atoms with E-state index in [2.05, 4.69) is 17.2 Å². The summed E-state index contributed by atoms with van der Waals surface area (Å²) in [7, 11) is 1.68. The molecule has 0 saturated heterocycles. The van der Waals surface area contributed by atoms with E-state index in [0.29, 0.717) is 19.3 Å². The number of nitrogens with one attached hydrogen (secondary N) is 1. The minimum Gasteiger partial charge on any atom is -0.382 e. The first kappa shape index (κ1) is 13.6. The van der Waals surface area contributed by atoms with Crippen LogP contribution in [0, 0.1) is 0 Å². The maximum atomic E-state index is 5.53. The van der Waals surface area contributed by atoms with Gasteiger partial charge in [0.05, 0.1) is 25.3 Å². The molecule has 0 saturated carbocycles. The maximum absolute atomic E-state index is 5.53. The largest absolute Gasteiger partial charge is 0.382 e.